The minimum absolute atomic E-state index is 0.904. The van der Waals surface area contributed by atoms with Crippen LogP contribution in [0, 0.1) is 0 Å². The molecule has 1 rings (SSSR count). The fourth-order valence-corrected chi connectivity index (χ4v) is 1.86. The topological polar surface area (TPSA) is 145 Å². The number of ether oxygens (including phenoxy) is 1. The summed E-state index contributed by atoms with van der Waals surface area (Å²) in [6.45, 7) is 1.81. The first-order valence-corrected chi connectivity index (χ1v) is 5.26. The molecular formula is C10H16O8. The molecule has 1 heterocycles. The number of ketones is 2. The van der Waals surface area contributed by atoms with Gasteiger partial charge in [-0.1, -0.05) is 0 Å². The second-order valence-electron chi connectivity index (χ2n) is 4.30. The molecule has 1 fully saturated rings. The van der Waals surface area contributed by atoms with E-state index in [1.54, 1.807) is 0 Å². The molecule has 1 saturated heterocycles. The fourth-order valence-electron chi connectivity index (χ4n) is 1.86. The third-order valence-corrected chi connectivity index (χ3v) is 3.07. The smallest absolute Gasteiger partial charge is 0.209 e. The average Bonchev–Trinajstić information content (AvgIpc) is 2.29. The summed E-state index contributed by atoms with van der Waals surface area (Å²) < 4.78 is 4.67. The second-order valence-corrected chi connectivity index (χ2v) is 4.30. The van der Waals surface area contributed by atoms with Gasteiger partial charge in [0, 0.05) is 0 Å². The van der Waals surface area contributed by atoms with Gasteiger partial charge in [0.25, 0.3) is 0 Å². The molecule has 1 aliphatic heterocycles. The van der Waals surface area contributed by atoms with Gasteiger partial charge in [-0.2, -0.15) is 0 Å². The van der Waals surface area contributed by atoms with Crippen LogP contribution >= 0.6 is 0 Å². The molecule has 5 N–H and O–H groups in total. The lowest BCUT2D eigenvalue weighted by molar-refractivity contribution is -0.303. The van der Waals surface area contributed by atoms with Crippen molar-refractivity contribution in [2.75, 3.05) is 0 Å². The Bertz CT molecular complexity index is 340. The Balaban J connectivity index is 3.14. The average molecular weight is 264 g/mol. The summed E-state index contributed by atoms with van der Waals surface area (Å²) in [7, 11) is 0. The van der Waals surface area contributed by atoms with Crippen LogP contribution in [0.3, 0.4) is 0 Å². The highest BCUT2D eigenvalue weighted by Crippen LogP contribution is 2.29. The van der Waals surface area contributed by atoms with Gasteiger partial charge in [0.05, 0.1) is 0 Å². The first-order valence-electron chi connectivity index (χ1n) is 5.26. The molecule has 8 nitrogen and oxygen atoms in total. The van der Waals surface area contributed by atoms with E-state index in [-0.39, 0.29) is 0 Å². The van der Waals surface area contributed by atoms with Gasteiger partial charge in [-0.3, -0.25) is 9.59 Å². The molecule has 1 aliphatic rings. The Labute approximate surface area is 102 Å². The molecule has 0 amide bonds. The Kier molecular flexibility index (Phi) is 4.21. The lowest BCUT2D eigenvalue weighted by atomic mass is 9.81. The summed E-state index contributed by atoms with van der Waals surface area (Å²) in [4.78, 5) is 22.7. The van der Waals surface area contributed by atoms with E-state index in [4.69, 9.17) is 0 Å². The minimum atomic E-state index is -2.69. The molecule has 0 bridgehead atoms. The van der Waals surface area contributed by atoms with Gasteiger partial charge >= 0.3 is 0 Å². The van der Waals surface area contributed by atoms with Crippen molar-refractivity contribution in [1.82, 2.24) is 0 Å². The number of carbonyl (C=O) groups is 2. The predicted molar refractivity (Wildman–Crippen MR) is 55.2 cm³/mol. The van der Waals surface area contributed by atoms with E-state index in [9.17, 15) is 35.1 Å². The number of aliphatic hydroxyl groups excluding tert-OH is 4. The first kappa shape index (κ1) is 15.2. The third kappa shape index (κ3) is 2.18. The summed E-state index contributed by atoms with van der Waals surface area (Å²) in [5, 5.41) is 47.6. The highest BCUT2D eigenvalue weighted by molar-refractivity contribution is 6.09. The van der Waals surface area contributed by atoms with Crippen molar-refractivity contribution in [3.8, 4) is 0 Å². The van der Waals surface area contributed by atoms with Gasteiger partial charge in [0.2, 0.25) is 5.60 Å². The SMILES string of the molecule is CC(=O)C(O)(C(C)=O)[C@H]1OC(O)[C@@H](O)[C@@H](O)[C@@H]1O. The monoisotopic (exact) mass is 264 g/mol. The maximum Gasteiger partial charge on any atom is 0.209 e. The minimum Gasteiger partial charge on any atom is -0.387 e. The molecule has 0 spiro atoms. The summed E-state index contributed by atoms with van der Waals surface area (Å²) in [6, 6.07) is 0. The summed E-state index contributed by atoms with van der Waals surface area (Å²) in [5.74, 6) is -2.01. The number of Topliss-reactive ketones (excluding diaryl/α,β-unsaturated/α-hetero) is 2. The molecule has 1 unspecified atom stereocenters. The van der Waals surface area contributed by atoms with Gasteiger partial charge in [-0.05, 0) is 13.8 Å². The summed E-state index contributed by atoms with van der Waals surface area (Å²) in [6.07, 6.45) is -9.36. The Morgan fingerprint density at radius 1 is 0.944 bits per heavy atom. The normalized spacial score (nSPS) is 37.4. The maximum atomic E-state index is 11.4. The first-order chi connectivity index (χ1) is 8.13. The number of hydrogen-bond donors (Lipinski definition) is 5. The van der Waals surface area contributed by atoms with Crippen LogP contribution in [0.4, 0.5) is 0 Å². The van der Waals surface area contributed by atoms with Crippen molar-refractivity contribution < 1.29 is 39.9 Å². The molecule has 18 heavy (non-hydrogen) atoms. The zero-order valence-corrected chi connectivity index (χ0v) is 9.85. The van der Waals surface area contributed by atoms with E-state index in [1.807, 2.05) is 0 Å². The van der Waals surface area contributed by atoms with Crippen molar-refractivity contribution in [3.05, 3.63) is 0 Å². The number of rotatable bonds is 3. The molecule has 0 aromatic rings. The quantitative estimate of drug-likeness (QED) is 0.333. The fraction of sp³-hybridized carbons (Fsp3) is 0.800. The summed E-state index contributed by atoms with van der Waals surface area (Å²) >= 11 is 0. The third-order valence-electron chi connectivity index (χ3n) is 3.07. The molecule has 104 valence electrons. The molecular weight excluding hydrogens is 248 g/mol. The zero-order chi connectivity index (χ0) is 14.2. The van der Waals surface area contributed by atoms with Crippen molar-refractivity contribution in [1.29, 1.82) is 0 Å². The van der Waals surface area contributed by atoms with E-state index in [0.29, 0.717) is 0 Å². The van der Waals surface area contributed by atoms with Crippen molar-refractivity contribution in [3.63, 3.8) is 0 Å². The Morgan fingerprint density at radius 3 is 1.78 bits per heavy atom. The van der Waals surface area contributed by atoms with Crippen LogP contribution < -0.4 is 0 Å². The van der Waals surface area contributed by atoms with E-state index in [0.717, 1.165) is 13.8 Å². The van der Waals surface area contributed by atoms with E-state index in [1.165, 1.54) is 0 Å². The number of aliphatic hydroxyl groups is 5. The highest BCUT2D eigenvalue weighted by Gasteiger charge is 2.56. The van der Waals surface area contributed by atoms with Crippen LogP contribution in [0.5, 0.6) is 0 Å². The second kappa shape index (κ2) is 5.00. The van der Waals surface area contributed by atoms with E-state index >= 15 is 0 Å². The van der Waals surface area contributed by atoms with Crippen molar-refractivity contribution >= 4 is 11.6 Å². The van der Waals surface area contributed by atoms with Crippen molar-refractivity contribution in [2.45, 2.75) is 50.2 Å². The Hall–Kier alpha value is -0.900. The van der Waals surface area contributed by atoms with Crippen molar-refractivity contribution in [2.24, 2.45) is 0 Å². The summed E-state index contributed by atoms with van der Waals surface area (Å²) in [5.41, 5.74) is -2.69. The zero-order valence-electron chi connectivity index (χ0n) is 9.85. The lowest BCUT2D eigenvalue weighted by Gasteiger charge is -2.43. The van der Waals surface area contributed by atoms with E-state index < -0.39 is 47.9 Å². The van der Waals surface area contributed by atoms with Crippen LogP contribution in [0.2, 0.25) is 0 Å². The molecule has 5 atom stereocenters. The van der Waals surface area contributed by atoms with Gasteiger partial charge in [0.15, 0.2) is 17.9 Å². The number of carbonyl (C=O) groups excluding carboxylic acids is 2. The van der Waals surface area contributed by atoms with Crippen LogP contribution in [0.25, 0.3) is 0 Å². The largest absolute Gasteiger partial charge is 0.387 e. The van der Waals surface area contributed by atoms with Gasteiger partial charge < -0.3 is 30.3 Å². The van der Waals surface area contributed by atoms with Gasteiger partial charge in [-0.25, -0.2) is 0 Å². The van der Waals surface area contributed by atoms with Gasteiger partial charge in [0.1, 0.15) is 24.4 Å². The Morgan fingerprint density at radius 2 is 1.39 bits per heavy atom. The standard InChI is InChI=1S/C10H16O8/c1-3(11)10(17,4(2)12)8-6(14)5(13)7(15)9(16)18-8/h5-9,13-17H,1-2H3/t5-,6-,7-,8-,9?/m0/s1. The highest BCUT2D eigenvalue weighted by atomic mass is 16.6. The molecule has 8 heteroatoms. The van der Waals surface area contributed by atoms with E-state index in [2.05, 4.69) is 4.74 Å². The predicted octanol–water partition coefficient (Wildman–Crippen LogP) is -3.30. The van der Waals surface area contributed by atoms with Gasteiger partial charge in [-0.15, -0.1) is 0 Å². The molecule has 0 aliphatic carbocycles. The van der Waals surface area contributed by atoms with Crippen LogP contribution in [0.15, 0.2) is 0 Å². The maximum absolute atomic E-state index is 11.4. The lowest BCUT2D eigenvalue weighted by Crippen LogP contribution is -2.68. The molecule has 0 radical (unpaired) electrons. The molecule has 0 aromatic heterocycles. The molecule has 0 saturated carbocycles. The molecule has 0 aromatic carbocycles. The number of hydrogen-bond acceptors (Lipinski definition) is 8. The van der Waals surface area contributed by atoms with Crippen LogP contribution in [-0.4, -0.2) is 73.4 Å². The van der Waals surface area contributed by atoms with Crippen LogP contribution in [-0.2, 0) is 14.3 Å². The van der Waals surface area contributed by atoms with Crippen LogP contribution in [0.1, 0.15) is 13.8 Å².